The van der Waals surface area contributed by atoms with E-state index in [1.54, 1.807) is 28.6 Å². The van der Waals surface area contributed by atoms with Crippen molar-refractivity contribution in [2.45, 2.75) is 33.4 Å². The zero-order chi connectivity index (χ0) is 13.6. The third-order valence-electron chi connectivity index (χ3n) is 4.07. The van der Waals surface area contributed by atoms with Crippen LogP contribution >= 0.6 is 31.9 Å². The lowest BCUT2D eigenvalue weighted by molar-refractivity contribution is 0.0667. The first kappa shape index (κ1) is 14.0. The summed E-state index contributed by atoms with van der Waals surface area (Å²) in [6, 6.07) is 8.88. The quantitative estimate of drug-likeness (QED) is 0.705. The lowest BCUT2D eigenvalue weighted by Gasteiger charge is -2.52. The predicted octanol–water partition coefficient (Wildman–Crippen LogP) is 3.00. The molecule has 3 rings (SSSR count). The summed E-state index contributed by atoms with van der Waals surface area (Å²) in [4.78, 5) is 1.21. The molecule has 0 bridgehead atoms. The van der Waals surface area contributed by atoms with Gasteiger partial charge in [-0.2, -0.15) is 4.31 Å². The van der Waals surface area contributed by atoms with Gasteiger partial charge in [0.05, 0.1) is 4.90 Å². The molecule has 1 aliphatic heterocycles. The summed E-state index contributed by atoms with van der Waals surface area (Å²) < 4.78 is 26.8. The molecular weight excluding hydrogens is 394 g/mol. The smallest absolute Gasteiger partial charge is 0.207 e. The number of hydrogen-bond donors (Lipinski definition) is 0. The Bertz CT molecular complexity index is 563. The molecule has 1 aliphatic carbocycles. The molecule has 0 unspecified atom stereocenters. The second-order valence-electron chi connectivity index (χ2n) is 5.22. The van der Waals surface area contributed by atoms with Crippen molar-refractivity contribution in [1.29, 1.82) is 0 Å². The maximum absolute atomic E-state index is 12.6. The molecule has 2 fully saturated rings. The minimum Gasteiger partial charge on any atom is -0.207 e. The van der Waals surface area contributed by atoms with Crippen molar-refractivity contribution in [2.24, 2.45) is 5.92 Å². The number of rotatable bonds is 2. The third kappa shape index (κ3) is 2.41. The van der Waals surface area contributed by atoms with E-state index in [0.717, 1.165) is 12.8 Å². The van der Waals surface area contributed by atoms with Crippen molar-refractivity contribution in [3.63, 3.8) is 0 Å². The predicted molar refractivity (Wildman–Crippen MR) is 82.3 cm³/mol. The van der Waals surface area contributed by atoms with Gasteiger partial charge in [-0.3, -0.25) is 0 Å². The summed E-state index contributed by atoms with van der Waals surface area (Å²) in [5.74, 6) is 0.497. The second-order valence-corrected chi connectivity index (χ2v) is 9.46. The lowest BCUT2D eigenvalue weighted by Crippen LogP contribution is -2.62. The Labute approximate surface area is 130 Å². The Hall–Kier alpha value is 0.0900. The molecule has 0 amide bonds. The normalized spacial score (nSPS) is 35.5. The zero-order valence-corrected chi connectivity index (χ0v) is 14.2. The van der Waals surface area contributed by atoms with Gasteiger partial charge in [-0.15, -0.1) is 0 Å². The first-order valence-electron chi connectivity index (χ1n) is 6.35. The van der Waals surface area contributed by atoms with Crippen LogP contribution in [0.5, 0.6) is 0 Å². The minimum absolute atomic E-state index is 0.156. The van der Waals surface area contributed by atoms with Crippen molar-refractivity contribution in [1.82, 2.24) is 4.31 Å². The van der Waals surface area contributed by atoms with E-state index in [1.165, 1.54) is 0 Å². The molecular formula is C13H15Br2NO2S. The summed E-state index contributed by atoms with van der Waals surface area (Å²) in [5, 5.41) is 0. The van der Waals surface area contributed by atoms with Gasteiger partial charge < -0.3 is 0 Å². The van der Waals surface area contributed by atoms with Gasteiger partial charge in [0.15, 0.2) is 0 Å². The Morgan fingerprint density at radius 1 is 1.05 bits per heavy atom. The molecule has 3 nitrogen and oxygen atoms in total. The molecule has 19 heavy (non-hydrogen) atoms. The van der Waals surface area contributed by atoms with E-state index in [2.05, 4.69) is 31.9 Å². The SMILES string of the molecule is O=S(=O)(c1ccccc1)N1C[C@@H]2C[C@H](Br)[C@@H](Br)C[C@@H]21. The molecule has 1 aromatic rings. The zero-order valence-electron chi connectivity index (χ0n) is 10.2. The third-order valence-corrected chi connectivity index (χ3v) is 8.70. The van der Waals surface area contributed by atoms with E-state index >= 15 is 0 Å². The maximum atomic E-state index is 12.6. The highest BCUT2D eigenvalue weighted by Crippen LogP contribution is 2.44. The molecule has 1 saturated heterocycles. The van der Waals surface area contributed by atoms with Gasteiger partial charge in [-0.05, 0) is 30.9 Å². The molecule has 104 valence electrons. The van der Waals surface area contributed by atoms with E-state index in [4.69, 9.17) is 0 Å². The van der Waals surface area contributed by atoms with Gasteiger partial charge in [0, 0.05) is 22.2 Å². The number of benzene rings is 1. The Morgan fingerprint density at radius 3 is 2.37 bits per heavy atom. The molecule has 1 aromatic carbocycles. The molecule has 0 spiro atoms. The highest BCUT2D eigenvalue weighted by Gasteiger charge is 2.50. The fraction of sp³-hybridized carbons (Fsp3) is 0.538. The first-order valence-corrected chi connectivity index (χ1v) is 9.62. The Morgan fingerprint density at radius 2 is 1.68 bits per heavy atom. The number of fused-ring (bicyclic) bond motifs is 1. The van der Waals surface area contributed by atoms with Crippen molar-refractivity contribution in [3.05, 3.63) is 30.3 Å². The molecule has 1 heterocycles. The van der Waals surface area contributed by atoms with Gasteiger partial charge >= 0.3 is 0 Å². The van der Waals surface area contributed by atoms with E-state index in [1.807, 2.05) is 6.07 Å². The molecule has 6 heteroatoms. The Balaban J connectivity index is 1.82. The molecule has 2 aliphatic rings. The number of halogens is 2. The fourth-order valence-electron chi connectivity index (χ4n) is 2.95. The van der Waals surface area contributed by atoms with Gasteiger partial charge in [0.1, 0.15) is 0 Å². The number of hydrogen-bond acceptors (Lipinski definition) is 2. The average Bonchev–Trinajstić information content (AvgIpc) is 2.39. The van der Waals surface area contributed by atoms with Crippen LogP contribution in [0.3, 0.4) is 0 Å². The number of nitrogens with zero attached hydrogens (tertiary/aromatic N) is 1. The van der Waals surface area contributed by atoms with Crippen molar-refractivity contribution >= 4 is 41.9 Å². The van der Waals surface area contributed by atoms with Crippen LogP contribution < -0.4 is 0 Å². The van der Waals surface area contributed by atoms with E-state index < -0.39 is 10.0 Å². The number of sulfonamides is 1. The first-order chi connectivity index (χ1) is 9.00. The van der Waals surface area contributed by atoms with Crippen molar-refractivity contribution < 1.29 is 8.42 Å². The molecule has 0 N–H and O–H groups in total. The summed E-state index contributed by atoms with van der Waals surface area (Å²) in [7, 11) is -3.32. The second kappa shape index (κ2) is 5.13. The van der Waals surface area contributed by atoms with E-state index in [0.29, 0.717) is 27.0 Å². The van der Waals surface area contributed by atoms with Crippen LogP contribution in [0.4, 0.5) is 0 Å². The van der Waals surface area contributed by atoms with Crippen LogP contribution in [0, 0.1) is 5.92 Å². The van der Waals surface area contributed by atoms with Crippen molar-refractivity contribution in [3.8, 4) is 0 Å². The lowest BCUT2D eigenvalue weighted by atomic mass is 9.79. The standard InChI is InChI=1S/C13H15Br2NO2S/c14-11-6-9-8-16(13(9)7-12(11)15)19(17,18)10-4-2-1-3-5-10/h1-5,9,11-13H,6-8H2/t9-,11-,12-,13-/m0/s1. The molecule has 1 saturated carbocycles. The highest BCUT2D eigenvalue weighted by atomic mass is 79.9. The van der Waals surface area contributed by atoms with Crippen molar-refractivity contribution in [2.75, 3.05) is 6.54 Å². The summed E-state index contributed by atoms with van der Waals surface area (Å²) in [6.45, 7) is 0.656. The Kier molecular flexibility index (Phi) is 3.79. The summed E-state index contributed by atoms with van der Waals surface area (Å²) in [6.07, 6.45) is 1.92. The summed E-state index contributed by atoms with van der Waals surface area (Å²) >= 11 is 7.29. The highest BCUT2D eigenvalue weighted by molar-refractivity contribution is 9.12. The van der Waals surface area contributed by atoms with Crippen LogP contribution in [-0.2, 0) is 10.0 Å². The topological polar surface area (TPSA) is 37.4 Å². The minimum atomic E-state index is -3.32. The van der Waals surface area contributed by atoms with Crippen LogP contribution in [0.2, 0.25) is 0 Å². The molecule has 4 atom stereocenters. The fourth-order valence-corrected chi connectivity index (χ4v) is 6.02. The van der Waals surface area contributed by atoms with Crippen LogP contribution in [0.1, 0.15) is 12.8 Å². The molecule has 0 radical (unpaired) electrons. The van der Waals surface area contributed by atoms with Gasteiger partial charge in [-0.1, -0.05) is 50.1 Å². The summed E-state index contributed by atoms with van der Waals surface area (Å²) in [5.41, 5.74) is 0. The van der Waals surface area contributed by atoms with Crippen LogP contribution in [0.15, 0.2) is 35.2 Å². The van der Waals surface area contributed by atoms with Crippen LogP contribution in [0.25, 0.3) is 0 Å². The van der Waals surface area contributed by atoms with E-state index in [-0.39, 0.29) is 6.04 Å². The largest absolute Gasteiger partial charge is 0.243 e. The maximum Gasteiger partial charge on any atom is 0.243 e. The average molecular weight is 409 g/mol. The number of alkyl halides is 2. The van der Waals surface area contributed by atoms with Crippen LogP contribution in [-0.4, -0.2) is 35.0 Å². The molecule has 0 aromatic heterocycles. The monoisotopic (exact) mass is 407 g/mol. The van der Waals surface area contributed by atoms with E-state index in [9.17, 15) is 8.42 Å². The van der Waals surface area contributed by atoms with Gasteiger partial charge in [-0.25, -0.2) is 8.42 Å². The van der Waals surface area contributed by atoms with Gasteiger partial charge in [0.25, 0.3) is 0 Å². The van der Waals surface area contributed by atoms with Gasteiger partial charge in [0.2, 0.25) is 10.0 Å².